The van der Waals surface area contributed by atoms with Crippen molar-refractivity contribution in [3.63, 3.8) is 0 Å². The molecular weight excluding hydrogens is 561 g/mol. The molecule has 4 aromatic rings. The molecule has 3 heterocycles. The van der Waals surface area contributed by atoms with Crippen molar-refractivity contribution in [2.24, 2.45) is 0 Å². The van der Waals surface area contributed by atoms with Gasteiger partial charge in [0.2, 0.25) is 0 Å². The lowest BCUT2D eigenvalue weighted by atomic mass is 9.96. The maximum Gasteiger partial charge on any atom is 0.418 e. The summed E-state index contributed by atoms with van der Waals surface area (Å²) in [5, 5.41) is 3.96. The molecule has 0 spiro atoms. The Morgan fingerprint density at radius 2 is 1.70 bits per heavy atom. The molecule has 2 aromatic heterocycles. The van der Waals surface area contributed by atoms with Crippen LogP contribution in [0.3, 0.4) is 0 Å². The molecule has 0 saturated carbocycles. The molecule has 2 atom stereocenters. The highest BCUT2D eigenvalue weighted by atomic mass is 79.9. The van der Waals surface area contributed by atoms with Gasteiger partial charge in [-0.1, -0.05) is 34.1 Å². The molecule has 37 heavy (non-hydrogen) atoms. The first-order valence-electron chi connectivity index (χ1n) is 11.7. The van der Waals surface area contributed by atoms with Crippen molar-refractivity contribution in [1.82, 2.24) is 14.9 Å². The van der Waals surface area contributed by atoms with Gasteiger partial charge >= 0.3 is 6.18 Å². The second-order valence-corrected chi connectivity index (χ2v) is 10.3. The fourth-order valence-electron chi connectivity index (χ4n) is 5.09. The molecule has 0 radical (unpaired) electrons. The van der Waals surface area contributed by atoms with Gasteiger partial charge in [0, 0.05) is 27.7 Å². The minimum Gasteiger partial charge on any atom is -0.351 e. The van der Waals surface area contributed by atoms with Crippen molar-refractivity contribution in [2.75, 3.05) is 4.90 Å². The van der Waals surface area contributed by atoms with Gasteiger partial charge in [-0.15, -0.1) is 0 Å². The van der Waals surface area contributed by atoms with Gasteiger partial charge in [-0.25, -0.2) is 0 Å². The monoisotopic (exact) mass is 584 g/mol. The van der Waals surface area contributed by atoms with Crippen molar-refractivity contribution in [3.8, 4) is 5.69 Å². The Bertz CT molecular complexity index is 1480. The summed E-state index contributed by atoms with van der Waals surface area (Å²) < 4.78 is 44.5. The van der Waals surface area contributed by atoms with Crippen LogP contribution in [0.25, 0.3) is 5.69 Å². The molecule has 2 aromatic carbocycles. The van der Waals surface area contributed by atoms with Crippen LogP contribution < -0.4 is 10.2 Å². The SMILES string of the molecule is Cc1cc(N2C(=S)N[C@H](c3ccccn3)[C@@H]2c2cc(C)n(-c3ccccc3C(F)(F)F)c2C)ccc1Br. The second-order valence-electron chi connectivity index (χ2n) is 9.11. The number of halogens is 4. The van der Waals surface area contributed by atoms with Crippen LogP contribution in [0.15, 0.2) is 77.4 Å². The van der Waals surface area contributed by atoms with Crippen LogP contribution in [-0.2, 0) is 6.18 Å². The second kappa shape index (κ2) is 9.61. The number of anilines is 1. The molecule has 190 valence electrons. The highest BCUT2D eigenvalue weighted by molar-refractivity contribution is 9.10. The van der Waals surface area contributed by atoms with E-state index >= 15 is 0 Å². The molecule has 0 amide bonds. The lowest BCUT2D eigenvalue weighted by Gasteiger charge is -2.28. The van der Waals surface area contributed by atoms with Gasteiger partial charge in [-0.3, -0.25) is 4.98 Å². The molecule has 1 fully saturated rings. The molecule has 1 aliphatic rings. The summed E-state index contributed by atoms with van der Waals surface area (Å²) in [5.41, 5.74) is 4.45. The van der Waals surface area contributed by atoms with Crippen LogP contribution in [0.2, 0.25) is 0 Å². The topological polar surface area (TPSA) is 33.1 Å². The number of thiocarbonyl (C=S) groups is 1. The third kappa shape index (κ3) is 4.55. The minimum absolute atomic E-state index is 0.102. The Balaban J connectivity index is 1.71. The van der Waals surface area contributed by atoms with E-state index < -0.39 is 11.7 Å². The van der Waals surface area contributed by atoms with Crippen LogP contribution >= 0.6 is 28.1 Å². The van der Waals surface area contributed by atoms with Gasteiger partial charge in [-0.05, 0) is 92.6 Å². The van der Waals surface area contributed by atoms with E-state index in [1.165, 1.54) is 12.1 Å². The summed E-state index contributed by atoms with van der Waals surface area (Å²) in [6.45, 7) is 5.69. The number of rotatable bonds is 4. The number of aromatic nitrogens is 2. The molecule has 5 rings (SSSR count). The molecular formula is C28H24BrF3N4S. The molecule has 0 unspecified atom stereocenters. The van der Waals surface area contributed by atoms with E-state index in [0.717, 1.165) is 33.0 Å². The van der Waals surface area contributed by atoms with Crippen LogP contribution in [-0.4, -0.2) is 14.7 Å². The van der Waals surface area contributed by atoms with Gasteiger partial charge in [0.1, 0.15) is 0 Å². The predicted molar refractivity (Wildman–Crippen MR) is 147 cm³/mol. The Morgan fingerprint density at radius 1 is 0.973 bits per heavy atom. The van der Waals surface area contributed by atoms with Gasteiger partial charge in [0.25, 0.3) is 0 Å². The average molecular weight is 585 g/mol. The number of aryl methyl sites for hydroxylation is 2. The van der Waals surface area contributed by atoms with E-state index in [1.54, 1.807) is 16.8 Å². The third-order valence-electron chi connectivity index (χ3n) is 6.76. The summed E-state index contributed by atoms with van der Waals surface area (Å²) in [7, 11) is 0. The number of nitrogens with one attached hydrogen (secondary N) is 1. The fourth-order valence-corrected chi connectivity index (χ4v) is 5.69. The lowest BCUT2D eigenvalue weighted by molar-refractivity contribution is -0.137. The van der Waals surface area contributed by atoms with Gasteiger partial charge in [0.05, 0.1) is 29.0 Å². The van der Waals surface area contributed by atoms with Crippen molar-refractivity contribution in [2.45, 2.75) is 39.0 Å². The van der Waals surface area contributed by atoms with E-state index in [1.807, 2.05) is 68.1 Å². The summed E-state index contributed by atoms with van der Waals surface area (Å²) in [6, 6.07) is 18.7. The highest BCUT2D eigenvalue weighted by Gasteiger charge is 2.43. The van der Waals surface area contributed by atoms with Crippen LogP contribution in [0.1, 0.15) is 45.9 Å². The number of hydrogen-bond acceptors (Lipinski definition) is 2. The van der Waals surface area contributed by atoms with Crippen molar-refractivity contribution < 1.29 is 13.2 Å². The Kier molecular flexibility index (Phi) is 6.62. The molecule has 9 heteroatoms. The standard InChI is InChI=1S/C28H24BrF3N4S/c1-16-14-19(11-12-22(16)29)36-26(25(34-27(36)37)23-9-6-7-13-33-23)20-15-17(2)35(18(20)3)24-10-5-4-8-21(24)28(30,31)32/h4-15,25-26H,1-3H3,(H,34,37)/t25-,26+/m1/s1. The quantitative estimate of drug-likeness (QED) is 0.248. The summed E-state index contributed by atoms with van der Waals surface area (Å²) in [5.74, 6) is 0. The molecule has 0 bridgehead atoms. The highest BCUT2D eigenvalue weighted by Crippen LogP contribution is 2.45. The van der Waals surface area contributed by atoms with Crippen molar-refractivity contribution >= 4 is 38.9 Å². The predicted octanol–water partition coefficient (Wildman–Crippen LogP) is 7.76. The number of alkyl halides is 3. The zero-order chi connectivity index (χ0) is 26.5. The zero-order valence-electron chi connectivity index (χ0n) is 20.3. The Morgan fingerprint density at radius 3 is 2.38 bits per heavy atom. The number of nitrogens with zero attached hydrogens (tertiary/aromatic N) is 3. The average Bonchev–Trinajstić information content (AvgIpc) is 3.36. The van der Waals surface area contributed by atoms with E-state index in [2.05, 4.69) is 26.2 Å². The first kappa shape index (κ1) is 25.5. The zero-order valence-corrected chi connectivity index (χ0v) is 22.7. The van der Waals surface area contributed by atoms with E-state index in [4.69, 9.17) is 12.2 Å². The first-order chi connectivity index (χ1) is 17.6. The van der Waals surface area contributed by atoms with Crippen LogP contribution in [0, 0.1) is 20.8 Å². The number of hydrogen-bond donors (Lipinski definition) is 1. The normalized spacial score (nSPS) is 17.8. The number of para-hydroxylation sites is 1. The van der Waals surface area contributed by atoms with E-state index in [0.29, 0.717) is 16.5 Å². The summed E-state index contributed by atoms with van der Waals surface area (Å²) >= 11 is 9.38. The minimum atomic E-state index is -4.48. The number of pyridine rings is 1. The Labute approximate surface area is 227 Å². The smallest absolute Gasteiger partial charge is 0.351 e. The molecule has 1 saturated heterocycles. The molecule has 1 aliphatic heterocycles. The number of benzene rings is 2. The molecule has 4 nitrogen and oxygen atoms in total. The maximum atomic E-state index is 13.9. The first-order valence-corrected chi connectivity index (χ1v) is 12.9. The van der Waals surface area contributed by atoms with E-state index in [9.17, 15) is 13.2 Å². The van der Waals surface area contributed by atoms with Gasteiger partial charge in [0.15, 0.2) is 5.11 Å². The largest absolute Gasteiger partial charge is 0.418 e. The molecule has 1 N–H and O–H groups in total. The van der Waals surface area contributed by atoms with Crippen LogP contribution in [0.4, 0.5) is 18.9 Å². The fraction of sp³-hybridized carbons (Fsp3) is 0.214. The summed E-state index contributed by atoms with van der Waals surface area (Å²) in [6.07, 6.45) is -2.75. The maximum absolute atomic E-state index is 13.9. The van der Waals surface area contributed by atoms with Crippen molar-refractivity contribution in [1.29, 1.82) is 0 Å². The summed E-state index contributed by atoms with van der Waals surface area (Å²) in [4.78, 5) is 6.62. The van der Waals surface area contributed by atoms with Crippen LogP contribution in [0.5, 0.6) is 0 Å². The molecule has 0 aliphatic carbocycles. The Hall–Kier alpha value is -3.17. The van der Waals surface area contributed by atoms with Gasteiger partial charge in [-0.2, -0.15) is 13.2 Å². The third-order valence-corrected chi connectivity index (χ3v) is 7.96. The van der Waals surface area contributed by atoms with Crippen molar-refractivity contribution in [3.05, 3.63) is 111 Å². The lowest BCUT2D eigenvalue weighted by Crippen LogP contribution is -2.29. The van der Waals surface area contributed by atoms with E-state index in [-0.39, 0.29) is 17.8 Å². The van der Waals surface area contributed by atoms with Gasteiger partial charge < -0.3 is 14.8 Å².